The predicted octanol–water partition coefficient (Wildman–Crippen LogP) is 6.49. The summed E-state index contributed by atoms with van der Waals surface area (Å²) in [5.41, 5.74) is 1.88. The van der Waals surface area contributed by atoms with E-state index in [1.807, 2.05) is 36.4 Å². The van der Waals surface area contributed by atoms with Crippen LogP contribution in [0.1, 0.15) is 34.2 Å². The number of hydrogen-bond donors (Lipinski definition) is 1. The molecule has 0 aliphatic rings. The Hall–Kier alpha value is -5.13. The topological polar surface area (TPSA) is 155 Å². The van der Waals surface area contributed by atoms with Gasteiger partial charge in [-0.2, -0.15) is 9.57 Å². The van der Waals surface area contributed by atoms with Gasteiger partial charge in [-0.25, -0.2) is 18.2 Å². The van der Waals surface area contributed by atoms with Crippen molar-refractivity contribution < 1.29 is 23.1 Å². The van der Waals surface area contributed by atoms with Crippen LogP contribution in [0.15, 0.2) is 88.0 Å². The molecule has 0 atom stereocenters. The molecular weight excluding hydrogens is 686 g/mol. The minimum Gasteiger partial charge on any atom is -0.491 e. The van der Waals surface area contributed by atoms with Crippen LogP contribution in [0.5, 0.6) is 5.75 Å². The SMILES string of the molecule is CCN(Cc1ccccc1)S(=O)(=O)c1ccc2nc(C)n(CCOc3ccc(Cl)cc3-c3ccnc4c(C(=O)O)csc34)c(=O)c2c1C#N. The number of benzene rings is 3. The Morgan fingerprint density at radius 1 is 1.12 bits per heavy atom. The van der Waals surface area contributed by atoms with Crippen molar-refractivity contribution in [3.05, 3.63) is 116 Å². The summed E-state index contributed by atoms with van der Waals surface area (Å²) in [6.07, 6.45) is 1.52. The van der Waals surface area contributed by atoms with Gasteiger partial charge in [0.2, 0.25) is 10.0 Å². The maximum Gasteiger partial charge on any atom is 0.338 e. The second kappa shape index (κ2) is 13.8. The summed E-state index contributed by atoms with van der Waals surface area (Å²) in [5.74, 6) is -0.292. The number of aromatic carboxylic acids is 1. The van der Waals surface area contributed by atoms with Gasteiger partial charge in [-0.1, -0.05) is 48.9 Å². The summed E-state index contributed by atoms with van der Waals surface area (Å²) in [6.45, 7) is 3.64. The molecule has 3 aromatic heterocycles. The van der Waals surface area contributed by atoms with Crippen LogP contribution in [0.25, 0.3) is 32.2 Å². The van der Waals surface area contributed by atoms with Crippen molar-refractivity contribution in [1.82, 2.24) is 18.8 Å². The van der Waals surface area contributed by atoms with E-state index in [4.69, 9.17) is 16.3 Å². The van der Waals surface area contributed by atoms with E-state index in [0.29, 0.717) is 37.9 Å². The molecular formula is C35H28ClN5O6S2. The minimum atomic E-state index is -4.17. The summed E-state index contributed by atoms with van der Waals surface area (Å²) in [7, 11) is -4.17. The smallest absolute Gasteiger partial charge is 0.338 e. The van der Waals surface area contributed by atoms with Crippen LogP contribution in [0.3, 0.4) is 0 Å². The van der Waals surface area contributed by atoms with Gasteiger partial charge in [0.25, 0.3) is 5.56 Å². The van der Waals surface area contributed by atoms with Crippen molar-refractivity contribution in [1.29, 1.82) is 5.26 Å². The lowest BCUT2D eigenvalue weighted by Crippen LogP contribution is -2.32. The molecule has 0 radical (unpaired) electrons. The van der Waals surface area contributed by atoms with E-state index in [1.165, 1.54) is 43.9 Å². The van der Waals surface area contributed by atoms with Crippen LogP contribution in [0.4, 0.5) is 0 Å². The van der Waals surface area contributed by atoms with Gasteiger partial charge in [-0.3, -0.25) is 14.3 Å². The van der Waals surface area contributed by atoms with Crippen molar-refractivity contribution in [3.63, 3.8) is 0 Å². The lowest BCUT2D eigenvalue weighted by molar-refractivity contribution is 0.0699. The number of aryl methyl sites for hydroxylation is 1. The average molecular weight is 714 g/mol. The average Bonchev–Trinajstić information content (AvgIpc) is 3.54. The second-order valence-electron chi connectivity index (χ2n) is 11.0. The molecule has 14 heteroatoms. The molecule has 3 heterocycles. The van der Waals surface area contributed by atoms with Gasteiger partial charge in [0.05, 0.1) is 38.8 Å². The summed E-state index contributed by atoms with van der Waals surface area (Å²) in [6, 6.07) is 20.7. The molecule has 3 aromatic carbocycles. The zero-order valence-electron chi connectivity index (χ0n) is 26.3. The third kappa shape index (κ3) is 6.39. The Kier molecular flexibility index (Phi) is 9.49. The highest BCUT2D eigenvalue weighted by molar-refractivity contribution is 7.89. The molecule has 1 N–H and O–H groups in total. The van der Waals surface area contributed by atoms with Crippen LogP contribution < -0.4 is 10.3 Å². The summed E-state index contributed by atoms with van der Waals surface area (Å²) in [4.78, 5) is 34.2. The Balaban J connectivity index is 1.33. The number of fused-ring (bicyclic) bond motifs is 2. The summed E-state index contributed by atoms with van der Waals surface area (Å²) in [5, 5.41) is 21.7. The third-order valence-electron chi connectivity index (χ3n) is 8.05. The molecule has 6 aromatic rings. The number of rotatable bonds is 11. The van der Waals surface area contributed by atoms with Gasteiger partial charge in [0.15, 0.2) is 0 Å². The Morgan fingerprint density at radius 2 is 1.90 bits per heavy atom. The summed E-state index contributed by atoms with van der Waals surface area (Å²) < 4.78 is 37.1. The van der Waals surface area contributed by atoms with Crippen LogP contribution in [0.2, 0.25) is 5.02 Å². The van der Waals surface area contributed by atoms with Crippen molar-refractivity contribution >= 4 is 60.0 Å². The van der Waals surface area contributed by atoms with E-state index >= 15 is 0 Å². The predicted molar refractivity (Wildman–Crippen MR) is 188 cm³/mol. The highest BCUT2D eigenvalue weighted by atomic mass is 35.5. The number of hydrogen-bond acceptors (Lipinski definition) is 9. The van der Waals surface area contributed by atoms with Crippen LogP contribution in [0, 0.1) is 18.3 Å². The van der Waals surface area contributed by atoms with Gasteiger partial charge in [0, 0.05) is 40.8 Å². The Morgan fingerprint density at radius 3 is 2.61 bits per heavy atom. The fourth-order valence-electron chi connectivity index (χ4n) is 5.66. The molecule has 0 saturated heterocycles. The maximum atomic E-state index is 14.0. The first kappa shape index (κ1) is 33.8. The molecule has 0 fully saturated rings. The van der Waals surface area contributed by atoms with Gasteiger partial charge in [0.1, 0.15) is 29.1 Å². The standard InChI is InChI=1S/C35H28ClN5O6S2/c1-3-40(19-22-7-5-4-6-8-22)49(45,46)30-12-10-28-31(26(30)18-37)34(42)41(21(2)39-28)15-16-47-29-11-9-23(36)17-25(29)24-13-14-38-32-27(35(43)44)20-48-33(24)32/h4-14,17,20H,3,15-16,19H2,1-2H3,(H,43,44). The van der Waals surface area contributed by atoms with Gasteiger partial charge in [-0.15, -0.1) is 11.3 Å². The third-order valence-corrected chi connectivity index (χ3v) is 11.3. The van der Waals surface area contributed by atoms with E-state index in [2.05, 4.69) is 9.97 Å². The van der Waals surface area contributed by atoms with E-state index in [-0.39, 0.29) is 53.2 Å². The number of thiophene rings is 1. The molecule has 11 nitrogen and oxygen atoms in total. The lowest BCUT2D eigenvalue weighted by Gasteiger charge is -2.22. The van der Waals surface area contributed by atoms with Crippen molar-refractivity contribution in [2.45, 2.75) is 31.8 Å². The number of ether oxygens (including phenoxy) is 1. The fraction of sp³-hybridized carbons (Fsp3) is 0.171. The number of sulfonamides is 1. The largest absolute Gasteiger partial charge is 0.491 e. The molecule has 0 bridgehead atoms. The normalized spacial score (nSPS) is 11.7. The molecule has 0 amide bonds. The molecule has 248 valence electrons. The maximum absolute atomic E-state index is 14.0. The molecule has 49 heavy (non-hydrogen) atoms. The zero-order valence-corrected chi connectivity index (χ0v) is 28.6. The minimum absolute atomic E-state index is 0.00216. The van der Waals surface area contributed by atoms with E-state index in [1.54, 1.807) is 38.1 Å². The van der Waals surface area contributed by atoms with Crippen molar-refractivity contribution in [3.8, 4) is 22.9 Å². The zero-order chi connectivity index (χ0) is 34.9. The van der Waals surface area contributed by atoms with Gasteiger partial charge in [-0.05, 0) is 48.9 Å². The molecule has 0 aliphatic carbocycles. The molecule has 0 spiro atoms. The number of carbonyl (C=O) groups is 1. The van der Waals surface area contributed by atoms with Crippen LogP contribution in [-0.2, 0) is 23.1 Å². The number of halogens is 1. The molecule has 0 aliphatic heterocycles. The molecule has 0 saturated carbocycles. The van der Waals surface area contributed by atoms with E-state index in [0.717, 1.165) is 5.56 Å². The quantitative estimate of drug-likeness (QED) is 0.158. The Bertz CT molecular complexity index is 2460. The number of carboxylic acids is 1. The van der Waals surface area contributed by atoms with Crippen LogP contribution >= 0.6 is 22.9 Å². The number of nitriles is 1. The molecule has 0 unspecified atom stereocenters. The monoisotopic (exact) mass is 713 g/mol. The second-order valence-corrected chi connectivity index (χ2v) is 14.2. The number of carboxylic acid groups (broad SMARTS) is 1. The number of nitrogens with zero attached hydrogens (tertiary/aromatic N) is 5. The van der Waals surface area contributed by atoms with Crippen molar-refractivity contribution in [2.24, 2.45) is 0 Å². The lowest BCUT2D eigenvalue weighted by atomic mass is 10.0. The summed E-state index contributed by atoms with van der Waals surface area (Å²) >= 11 is 7.60. The number of aromatic nitrogens is 3. The van der Waals surface area contributed by atoms with Gasteiger partial charge >= 0.3 is 5.97 Å². The van der Waals surface area contributed by atoms with Crippen LogP contribution in [-0.4, -0.2) is 51.5 Å². The van der Waals surface area contributed by atoms with Crippen molar-refractivity contribution in [2.75, 3.05) is 13.2 Å². The number of pyridine rings is 1. The molecule has 6 rings (SSSR count). The Labute approximate surface area is 290 Å². The fourth-order valence-corrected chi connectivity index (χ4v) is 8.45. The first-order chi connectivity index (χ1) is 23.5. The van der Waals surface area contributed by atoms with E-state index < -0.39 is 21.6 Å². The van der Waals surface area contributed by atoms with Gasteiger partial charge < -0.3 is 9.84 Å². The highest BCUT2D eigenvalue weighted by Crippen LogP contribution is 2.39. The first-order valence-electron chi connectivity index (χ1n) is 15.1. The highest BCUT2D eigenvalue weighted by Gasteiger charge is 2.29. The van der Waals surface area contributed by atoms with E-state index in [9.17, 15) is 28.4 Å². The first-order valence-corrected chi connectivity index (χ1v) is 17.8.